The van der Waals surface area contributed by atoms with Gasteiger partial charge in [0.2, 0.25) is 5.91 Å². The number of nitrogens with zero attached hydrogens (tertiary/aromatic N) is 1. The van der Waals surface area contributed by atoms with Gasteiger partial charge in [-0.2, -0.15) is 0 Å². The van der Waals surface area contributed by atoms with E-state index in [4.69, 9.17) is 4.74 Å². The van der Waals surface area contributed by atoms with Gasteiger partial charge in [0, 0.05) is 12.2 Å². The number of carbonyl (C=O) groups excluding carboxylic acids is 3. The molecule has 37 heavy (non-hydrogen) atoms. The van der Waals surface area contributed by atoms with Crippen molar-refractivity contribution < 1.29 is 24.2 Å². The number of para-hydroxylation sites is 1. The largest absolute Gasteiger partial charge is 0.444 e. The molecule has 0 aliphatic heterocycles. The Morgan fingerprint density at radius 1 is 1.03 bits per heavy atom. The minimum atomic E-state index is -1.32. The van der Waals surface area contributed by atoms with Crippen LogP contribution in [0.25, 0.3) is 0 Å². The Morgan fingerprint density at radius 3 is 2.14 bits per heavy atom. The summed E-state index contributed by atoms with van der Waals surface area (Å²) < 4.78 is 5.26. The van der Waals surface area contributed by atoms with Crippen LogP contribution in [0.5, 0.6) is 0 Å². The van der Waals surface area contributed by atoms with Crippen molar-refractivity contribution in [3.05, 3.63) is 76.9 Å². The molecule has 0 heterocycles. The summed E-state index contributed by atoms with van der Waals surface area (Å²) in [6.45, 7) is 15.8. The molecule has 3 amide bonds. The van der Waals surface area contributed by atoms with Crippen LogP contribution in [0.2, 0.25) is 0 Å². The Hall–Kier alpha value is -3.65. The van der Waals surface area contributed by atoms with Crippen LogP contribution in [-0.2, 0) is 14.3 Å². The quantitative estimate of drug-likeness (QED) is 0.432. The van der Waals surface area contributed by atoms with Crippen molar-refractivity contribution in [1.29, 1.82) is 0 Å². The number of aliphatic hydroxyl groups excluding tert-OH is 1. The molecule has 200 valence electrons. The summed E-state index contributed by atoms with van der Waals surface area (Å²) in [5.74, 6) is -1.06. The van der Waals surface area contributed by atoms with Crippen LogP contribution in [0.15, 0.2) is 49.1 Å². The minimum absolute atomic E-state index is 0.00353. The van der Waals surface area contributed by atoms with Crippen molar-refractivity contribution in [3.8, 4) is 0 Å². The first-order valence-electron chi connectivity index (χ1n) is 12.3. The fourth-order valence-corrected chi connectivity index (χ4v) is 4.02. The lowest BCUT2D eigenvalue weighted by atomic mass is 9.94. The van der Waals surface area contributed by atoms with Gasteiger partial charge < -0.3 is 25.4 Å². The van der Waals surface area contributed by atoms with Crippen LogP contribution in [-0.4, -0.2) is 52.7 Å². The van der Waals surface area contributed by atoms with Crippen LogP contribution in [0, 0.1) is 27.7 Å². The smallest absolute Gasteiger partial charge is 0.408 e. The average Bonchev–Trinajstić information content (AvgIpc) is 2.80. The van der Waals surface area contributed by atoms with E-state index >= 15 is 0 Å². The van der Waals surface area contributed by atoms with Gasteiger partial charge in [-0.1, -0.05) is 42.5 Å². The molecule has 0 aliphatic rings. The zero-order chi connectivity index (χ0) is 27.9. The van der Waals surface area contributed by atoms with E-state index in [1.165, 1.54) is 11.0 Å². The molecule has 0 spiro atoms. The number of rotatable bonds is 9. The maximum atomic E-state index is 13.9. The molecular weight excluding hydrogens is 470 g/mol. The number of aliphatic hydroxyl groups is 1. The zero-order valence-electron chi connectivity index (χ0n) is 22.8. The van der Waals surface area contributed by atoms with Crippen molar-refractivity contribution in [3.63, 3.8) is 0 Å². The van der Waals surface area contributed by atoms with Crippen LogP contribution < -0.4 is 10.6 Å². The molecule has 2 unspecified atom stereocenters. The van der Waals surface area contributed by atoms with Crippen LogP contribution in [0.1, 0.15) is 54.6 Å². The lowest BCUT2D eigenvalue weighted by Crippen LogP contribution is -2.54. The molecule has 0 saturated heterocycles. The number of nitrogens with one attached hydrogen (secondary N) is 2. The molecule has 0 fully saturated rings. The van der Waals surface area contributed by atoms with E-state index in [9.17, 15) is 19.5 Å². The molecule has 0 radical (unpaired) electrons. The van der Waals surface area contributed by atoms with E-state index in [0.717, 1.165) is 22.3 Å². The third-order valence-corrected chi connectivity index (χ3v) is 6.01. The summed E-state index contributed by atoms with van der Waals surface area (Å²) in [4.78, 5) is 41.3. The molecule has 8 nitrogen and oxygen atoms in total. The Labute approximate surface area is 219 Å². The van der Waals surface area contributed by atoms with Crippen molar-refractivity contribution in [1.82, 2.24) is 10.2 Å². The Morgan fingerprint density at radius 2 is 1.59 bits per heavy atom. The molecule has 3 N–H and O–H groups in total. The molecule has 0 bridgehead atoms. The van der Waals surface area contributed by atoms with E-state index in [-0.39, 0.29) is 6.54 Å². The molecule has 2 atom stereocenters. The first-order valence-corrected chi connectivity index (χ1v) is 12.3. The van der Waals surface area contributed by atoms with Gasteiger partial charge in [0.1, 0.15) is 17.7 Å². The van der Waals surface area contributed by atoms with Crippen molar-refractivity contribution in [2.45, 2.75) is 66.2 Å². The van der Waals surface area contributed by atoms with Gasteiger partial charge in [-0.05, 0) is 76.3 Å². The van der Waals surface area contributed by atoms with Gasteiger partial charge >= 0.3 is 6.09 Å². The van der Waals surface area contributed by atoms with Crippen molar-refractivity contribution in [2.24, 2.45) is 0 Å². The predicted octanol–water partition coefficient (Wildman–Crippen LogP) is 4.50. The topological polar surface area (TPSA) is 108 Å². The second kappa shape index (κ2) is 12.5. The lowest BCUT2D eigenvalue weighted by Gasteiger charge is -2.34. The first kappa shape index (κ1) is 29.6. The van der Waals surface area contributed by atoms with Gasteiger partial charge in [0.05, 0.1) is 6.61 Å². The summed E-state index contributed by atoms with van der Waals surface area (Å²) in [7, 11) is 0. The van der Waals surface area contributed by atoms with E-state index in [0.29, 0.717) is 11.3 Å². The van der Waals surface area contributed by atoms with Gasteiger partial charge in [-0.15, -0.1) is 6.58 Å². The molecule has 2 aromatic rings. The number of amides is 3. The maximum Gasteiger partial charge on any atom is 0.408 e. The molecule has 0 aromatic heterocycles. The fraction of sp³-hybridized carbons (Fsp3) is 0.414. The number of hydrogen-bond donors (Lipinski definition) is 3. The van der Waals surface area contributed by atoms with Gasteiger partial charge in [-0.3, -0.25) is 9.59 Å². The van der Waals surface area contributed by atoms with E-state index in [1.807, 2.05) is 58.0 Å². The van der Waals surface area contributed by atoms with Gasteiger partial charge in [0.15, 0.2) is 0 Å². The van der Waals surface area contributed by atoms with Crippen molar-refractivity contribution in [2.75, 3.05) is 18.5 Å². The van der Waals surface area contributed by atoms with Crippen LogP contribution in [0.3, 0.4) is 0 Å². The van der Waals surface area contributed by atoms with E-state index < -0.39 is 42.2 Å². The fourth-order valence-electron chi connectivity index (χ4n) is 4.02. The molecule has 2 aromatic carbocycles. The highest BCUT2D eigenvalue weighted by atomic mass is 16.6. The Kier molecular flexibility index (Phi) is 10.0. The average molecular weight is 510 g/mol. The Balaban J connectivity index is 2.55. The van der Waals surface area contributed by atoms with E-state index in [1.54, 1.807) is 26.8 Å². The highest BCUT2D eigenvalue weighted by Crippen LogP contribution is 2.30. The molecule has 8 heteroatoms. The lowest BCUT2D eigenvalue weighted by molar-refractivity contribution is -0.141. The minimum Gasteiger partial charge on any atom is -0.444 e. The number of alkyl carbamates (subject to hydrolysis) is 1. The standard InChI is InChI=1S/C29H39N3O5/c1-9-16-32(27(35)23(17-33)30-28(36)37-29(6,7)8)25(22-15-11-12-18(2)21(22)5)26(34)31-24-19(3)13-10-14-20(24)4/h9-15,23,25,33H,1,16-17H2,2-8H3,(H,30,36)(H,31,34). The van der Waals surface area contributed by atoms with Crippen LogP contribution >= 0.6 is 0 Å². The highest BCUT2D eigenvalue weighted by Gasteiger charge is 2.36. The first-order chi connectivity index (χ1) is 17.3. The number of ether oxygens (including phenoxy) is 1. The van der Waals surface area contributed by atoms with Crippen molar-refractivity contribution >= 4 is 23.6 Å². The third-order valence-electron chi connectivity index (χ3n) is 6.01. The normalized spacial score (nSPS) is 12.8. The summed E-state index contributed by atoms with van der Waals surface area (Å²) >= 11 is 0. The van der Waals surface area contributed by atoms with Crippen LogP contribution in [0.4, 0.5) is 10.5 Å². The SMILES string of the molecule is C=CCN(C(=O)C(CO)NC(=O)OC(C)(C)C)C(C(=O)Nc1c(C)cccc1C)c1cccc(C)c1C. The maximum absolute atomic E-state index is 13.9. The number of hydrogen-bond acceptors (Lipinski definition) is 5. The summed E-state index contributed by atoms with van der Waals surface area (Å²) in [5, 5.41) is 15.5. The summed E-state index contributed by atoms with van der Waals surface area (Å²) in [6.07, 6.45) is 0.659. The zero-order valence-corrected chi connectivity index (χ0v) is 22.8. The second-order valence-corrected chi connectivity index (χ2v) is 10.1. The Bertz CT molecular complexity index is 1130. The summed E-state index contributed by atoms with van der Waals surface area (Å²) in [6, 6.07) is 8.88. The number of anilines is 1. The van der Waals surface area contributed by atoms with Gasteiger partial charge in [0.25, 0.3) is 5.91 Å². The van der Waals surface area contributed by atoms with Gasteiger partial charge in [-0.25, -0.2) is 4.79 Å². The highest BCUT2D eigenvalue weighted by molar-refractivity contribution is 6.00. The van der Waals surface area contributed by atoms with E-state index in [2.05, 4.69) is 17.2 Å². The predicted molar refractivity (Wildman–Crippen MR) is 145 cm³/mol. The molecule has 0 saturated carbocycles. The number of carbonyl (C=O) groups is 3. The molecular formula is C29H39N3O5. The summed E-state index contributed by atoms with van der Waals surface area (Å²) in [5.41, 5.74) is 4.09. The molecule has 2 rings (SSSR count). The number of aryl methyl sites for hydroxylation is 3. The third kappa shape index (κ3) is 7.67. The second-order valence-electron chi connectivity index (χ2n) is 10.1. The molecule has 0 aliphatic carbocycles. The number of benzene rings is 2. The monoisotopic (exact) mass is 509 g/mol.